The number of aliphatic hydroxyl groups is 1. The van der Waals surface area contributed by atoms with Gasteiger partial charge in [0.1, 0.15) is 0 Å². The number of aliphatic hydroxyl groups excluding tert-OH is 1. The maximum absolute atomic E-state index is 9.24. The van der Waals surface area contributed by atoms with Crippen molar-refractivity contribution in [1.29, 1.82) is 5.26 Å². The lowest BCUT2D eigenvalue weighted by atomic mass is 9.96. The fourth-order valence-corrected chi connectivity index (χ4v) is 1.12. The molecule has 0 aliphatic carbocycles. The van der Waals surface area contributed by atoms with Gasteiger partial charge in [0.2, 0.25) is 0 Å². The third-order valence-electron chi connectivity index (χ3n) is 1.78. The second-order valence-corrected chi connectivity index (χ2v) is 2.76. The normalized spacial score (nSPS) is 14.8. The van der Waals surface area contributed by atoms with Crippen molar-refractivity contribution in [2.75, 3.05) is 0 Å². The first kappa shape index (κ1) is 8.76. The van der Waals surface area contributed by atoms with Crippen LogP contribution in [0.3, 0.4) is 0 Å². The minimum Gasteiger partial charge on any atom is -0.392 e. The predicted molar refractivity (Wildman–Crippen MR) is 46.5 cm³/mol. The average molecular weight is 161 g/mol. The van der Waals surface area contributed by atoms with Crippen molar-refractivity contribution in [3.63, 3.8) is 0 Å². The Morgan fingerprint density at radius 3 is 2.33 bits per heavy atom. The van der Waals surface area contributed by atoms with Gasteiger partial charge < -0.3 is 5.11 Å². The summed E-state index contributed by atoms with van der Waals surface area (Å²) in [6.45, 7) is 1.63. The van der Waals surface area contributed by atoms with E-state index in [0.29, 0.717) is 0 Å². The Kier molecular flexibility index (Phi) is 2.84. The van der Waals surface area contributed by atoms with Gasteiger partial charge in [-0.1, -0.05) is 30.3 Å². The maximum atomic E-state index is 9.24. The molecule has 0 aromatic heterocycles. The molecule has 0 bridgehead atoms. The van der Waals surface area contributed by atoms with Crippen LogP contribution in [0.15, 0.2) is 30.3 Å². The fraction of sp³-hybridized carbons (Fsp3) is 0.300. The highest BCUT2D eigenvalue weighted by atomic mass is 16.3. The number of benzene rings is 1. The van der Waals surface area contributed by atoms with E-state index in [0.717, 1.165) is 5.56 Å². The summed E-state index contributed by atoms with van der Waals surface area (Å²) in [5, 5.41) is 18.0. The SMILES string of the molecule is CC(O)C(C#N)c1ccccc1. The van der Waals surface area contributed by atoms with Gasteiger partial charge in [-0.05, 0) is 12.5 Å². The molecular formula is C10H11NO. The minimum absolute atomic E-state index is 0.411. The minimum atomic E-state index is -0.614. The van der Waals surface area contributed by atoms with Crippen molar-refractivity contribution in [3.8, 4) is 6.07 Å². The van der Waals surface area contributed by atoms with Crippen LogP contribution in [0.4, 0.5) is 0 Å². The molecule has 2 unspecified atom stereocenters. The van der Waals surface area contributed by atoms with Gasteiger partial charge >= 0.3 is 0 Å². The summed E-state index contributed by atoms with van der Waals surface area (Å²) in [7, 11) is 0. The fourth-order valence-electron chi connectivity index (χ4n) is 1.12. The van der Waals surface area contributed by atoms with E-state index in [1.807, 2.05) is 30.3 Å². The van der Waals surface area contributed by atoms with Gasteiger partial charge in [-0.3, -0.25) is 0 Å². The Hall–Kier alpha value is -1.33. The van der Waals surface area contributed by atoms with E-state index < -0.39 is 12.0 Å². The van der Waals surface area contributed by atoms with Crippen LogP contribution in [0, 0.1) is 11.3 Å². The zero-order valence-corrected chi connectivity index (χ0v) is 6.94. The lowest BCUT2D eigenvalue weighted by Gasteiger charge is -2.11. The Morgan fingerprint density at radius 2 is 1.92 bits per heavy atom. The molecule has 0 saturated heterocycles. The van der Waals surface area contributed by atoms with E-state index in [1.54, 1.807) is 6.92 Å². The van der Waals surface area contributed by atoms with Gasteiger partial charge in [0, 0.05) is 0 Å². The quantitative estimate of drug-likeness (QED) is 0.717. The topological polar surface area (TPSA) is 44.0 Å². The van der Waals surface area contributed by atoms with Gasteiger partial charge in [-0.25, -0.2) is 0 Å². The van der Waals surface area contributed by atoms with E-state index in [4.69, 9.17) is 5.26 Å². The standard InChI is InChI=1S/C10H11NO/c1-8(12)10(7-11)9-5-3-2-4-6-9/h2-6,8,10,12H,1H3. The number of nitrogens with zero attached hydrogens (tertiary/aromatic N) is 1. The van der Waals surface area contributed by atoms with Crippen molar-refractivity contribution in [3.05, 3.63) is 35.9 Å². The first-order valence-electron chi connectivity index (χ1n) is 3.88. The number of hydrogen-bond acceptors (Lipinski definition) is 2. The lowest BCUT2D eigenvalue weighted by Crippen LogP contribution is -2.12. The molecule has 0 aliphatic heterocycles. The summed E-state index contributed by atoms with van der Waals surface area (Å²) in [5.74, 6) is -0.411. The molecular weight excluding hydrogens is 150 g/mol. The molecule has 0 spiro atoms. The third-order valence-corrected chi connectivity index (χ3v) is 1.78. The van der Waals surface area contributed by atoms with Crippen LogP contribution in [0.2, 0.25) is 0 Å². The first-order valence-corrected chi connectivity index (χ1v) is 3.88. The van der Waals surface area contributed by atoms with E-state index in [-0.39, 0.29) is 0 Å². The Morgan fingerprint density at radius 1 is 1.33 bits per heavy atom. The van der Waals surface area contributed by atoms with E-state index in [9.17, 15) is 5.11 Å². The maximum Gasteiger partial charge on any atom is 0.0969 e. The van der Waals surface area contributed by atoms with Crippen LogP contribution in [0.5, 0.6) is 0 Å². The molecule has 1 N–H and O–H groups in total. The van der Waals surface area contributed by atoms with Crippen LogP contribution in [0.25, 0.3) is 0 Å². The molecule has 2 heteroatoms. The number of rotatable bonds is 2. The summed E-state index contributed by atoms with van der Waals surface area (Å²) < 4.78 is 0. The van der Waals surface area contributed by atoms with Crippen molar-refractivity contribution in [2.24, 2.45) is 0 Å². The largest absolute Gasteiger partial charge is 0.392 e. The summed E-state index contributed by atoms with van der Waals surface area (Å²) in [6.07, 6.45) is -0.614. The van der Waals surface area contributed by atoms with Crippen molar-refractivity contribution < 1.29 is 5.11 Å². The van der Waals surface area contributed by atoms with Crippen LogP contribution >= 0.6 is 0 Å². The predicted octanol–water partition coefficient (Wildman–Crippen LogP) is 1.67. The first-order chi connectivity index (χ1) is 5.75. The zero-order valence-electron chi connectivity index (χ0n) is 6.94. The Labute approximate surface area is 72.1 Å². The van der Waals surface area contributed by atoms with Gasteiger partial charge in [0.05, 0.1) is 18.1 Å². The van der Waals surface area contributed by atoms with E-state index in [2.05, 4.69) is 6.07 Å². The van der Waals surface area contributed by atoms with Crippen molar-refractivity contribution in [1.82, 2.24) is 0 Å². The molecule has 1 aromatic rings. The second-order valence-electron chi connectivity index (χ2n) is 2.76. The monoisotopic (exact) mass is 161 g/mol. The van der Waals surface area contributed by atoms with Crippen LogP contribution < -0.4 is 0 Å². The molecule has 1 rings (SSSR count). The Balaban J connectivity index is 2.90. The van der Waals surface area contributed by atoms with E-state index in [1.165, 1.54) is 0 Å². The lowest BCUT2D eigenvalue weighted by molar-refractivity contribution is 0.181. The van der Waals surface area contributed by atoms with Gasteiger partial charge in [-0.15, -0.1) is 0 Å². The summed E-state index contributed by atoms with van der Waals surface area (Å²) in [5.41, 5.74) is 0.870. The highest BCUT2D eigenvalue weighted by Crippen LogP contribution is 2.17. The summed E-state index contributed by atoms with van der Waals surface area (Å²) >= 11 is 0. The molecule has 0 amide bonds. The van der Waals surface area contributed by atoms with Gasteiger partial charge in [0.15, 0.2) is 0 Å². The molecule has 0 heterocycles. The average Bonchev–Trinajstić information content (AvgIpc) is 2.07. The summed E-state index contributed by atoms with van der Waals surface area (Å²) in [6, 6.07) is 11.4. The highest BCUT2D eigenvalue weighted by Gasteiger charge is 2.15. The molecule has 2 atom stereocenters. The molecule has 0 saturated carbocycles. The molecule has 62 valence electrons. The zero-order chi connectivity index (χ0) is 8.97. The van der Waals surface area contributed by atoms with Crippen LogP contribution in [-0.2, 0) is 0 Å². The smallest absolute Gasteiger partial charge is 0.0969 e. The van der Waals surface area contributed by atoms with E-state index >= 15 is 0 Å². The van der Waals surface area contributed by atoms with Gasteiger partial charge in [-0.2, -0.15) is 5.26 Å². The molecule has 12 heavy (non-hydrogen) atoms. The molecule has 0 fully saturated rings. The van der Waals surface area contributed by atoms with Crippen molar-refractivity contribution >= 4 is 0 Å². The molecule has 1 aromatic carbocycles. The van der Waals surface area contributed by atoms with Crippen LogP contribution in [0.1, 0.15) is 18.4 Å². The van der Waals surface area contributed by atoms with Crippen LogP contribution in [-0.4, -0.2) is 11.2 Å². The second kappa shape index (κ2) is 3.89. The number of nitriles is 1. The molecule has 0 aliphatic rings. The van der Waals surface area contributed by atoms with Gasteiger partial charge in [0.25, 0.3) is 0 Å². The molecule has 2 nitrogen and oxygen atoms in total. The third kappa shape index (κ3) is 1.84. The highest BCUT2D eigenvalue weighted by molar-refractivity contribution is 5.25. The molecule has 0 radical (unpaired) electrons. The summed E-state index contributed by atoms with van der Waals surface area (Å²) in [4.78, 5) is 0. The number of hydrogen-bond donors (Lipinski definition) is 1. The van der Waals surface area contributed by atoms with Crippen molar-refractivity contribution in [2.45, 2.75) is 18.9 Å². The Bertz CT molecular complexity index is 274.